The van der Waals surface area contributed by atoms with E-state index < -0.39 is 9.84 Å². The Morgan fingerprint density at radius 1 is 0.941 bits per heavy atom. The summed E-state index contributed by atoms with van der Waals surface area (Å²) in [5, 5.41) is 3.27. The number of sulfone groups is 1. The van der Waals surface area contributed by atoms with E-state index in [0.717, 1.165) is 51.6 Å². The normalized spacial score (nSPS) is 24.2. The molecule has 1 saturated carbocycles. The highest BCUT2D eigenvalue weighted by Crippen LogP contribution is 2.26. The third-order valence-electron chi connectivity index (χ3n) is 3.99. The molecule has 0 aromatic rings. The van der Waals surface area contributed by atoms with Crippen molar-refractivity contribution in [1.82, 2.24) is 5.32 Å². The van der Waals surface area contributed by atoms with Crippen LogP contribution in [0.15, 0.2) is 0 Å². The summed E-state index contributed by atoms with van der Waals surface area (Å²) in [6, 6.07) is 0. The second-order valence-electron chi connectivity index (χ2n) is 5.28. The molecule has 102 valence electrons. The molecule has 3 nitrogen and oxygen atoms in total. The summed E-state index contributed by atoms with van der Waals surface area (Å²) in [6.07, 6.45) is 7.32. The molecule has 1 N–H and O–H groups in total. The molecule has 0 bridgehead atoms. The second kappa shape index (κ2) is 6.95. The first-order chi connectivity index (χ1) is 7.68. The summed E-state index contributed by atoms with van der Waals surface area (Å²) in [4.78, 5) is 0. The van der Waals surface area contributed by atoms with Gasteiger partial charge in [-0.2, -0.15) is 0 Å². The van der Waals surface area contributed by atoms with Crippen LogP contribution < -0.4 is 5.32 Å². The Balaban J connectivity index is 0.00000144. The Kier molecular flexibility index (Phi) is 6.24. The lowest BCUT2D eigenvalue weighted by Crippen LogP contribution is -2.35. The molecular weight excluding hydrogens is 258 g/mol. The van der Waals surface area contributed by atoms with Crippen molar-refractivity contribution in [2.24, 2.45) is 5.92 Å². The first kappa shape index (κ1) is 15.3. The molecule has 2 rings (SSSR count). The van der Waals surface area contributed by atoms with Crippen LogP contribution in [0.4, 0.5) is 0 Å². The van der Waals surface area contributed by atoms with Gasteiger partial charge in [-0.25, -0.2) is 8.42 Å². The van der Waals surface area contributed by atoms with Crippen molar-refractivity contribution in [1.29, 1.82) is 0 Å². The van der Waals surface area contributed by atoms with Crippen LogP contribution in [0.25, 0.3) is 0 Å². The van der Waals surface area contributed by atoms with E-state index in [9.17, 15) is 8.42 Å². The molecule has 0 amide bonds. The highest BCUT2D eigenvalue weighted by molar-refractivity contribution is 7.92. The number of hydrogen-bond acceptors (Lipinski definition) is 3. The molecule has 0 aromatic heterocycles. The zero-order valence-corrected chi connectivity index (χ0v) is 12.0. The van der Waals surface area contributed by atoms with Gasteiger partial charge in [-0.05, 0) is 44.7 Å². The van der Waals surface area contributed by atoms with Gasteiger partial charge in [0.05, 0.1) is 11.0 Å². The van der Waals surface area contributed by atoms with E-state index in [-0.39, 0.29) is 17.7 Å². The predicted octanol–water partition coefficient (Wildman–Crippen LogP) is 2.16. The number of hydrogen-bond donors (Lipinski definition) is 1. The fourth-order valence-corrected chi connectivity index (χ4v) is 5.25. The van der Waals surface area contributed by atoms with E-state index in [1.807, 2.05) is 0 Å². The van der Waals surface area contributed by atoms with Crippen molar-refractivity contribution in [2.75, 3.05) is 18.8 Å². The molecule has 2 fully saturated rings. The standard InChI is InChI=1S/C12H23NO2S.ClH/c14-16(15,12-4-2-1-3-5-12)10-11-6-8-13-9-7-11;/h11-13H,1-10H2;1H. The quantitative estimate of drug-likeness (QED) is 0.862. The lowest BCUT2D eigenvalue weighted by atomic mass is 10.00. The first-order valence-corrected chi connectivity index (χ1v) is 8.32. The molecule has 1 aliphatic heterocycles. The maximum Gasteiger partial charge on any atom is 0.153 e. The van der Waals surface area contributed by atoms with Crippen LogP contribution >= 0.6 is 12.4 Å². The number of halogens is 1. The van der Waals surface area contributed by atoms with Gasteiger partial charge in [0.1, 0.15) is 0 Å². The highest BCUT2D eigenvalue weighted by atomic mass is 35.5. The van der Waals surface area contributed by atoms with Crippen molar-refractivity contribution in [3.05, 3.63) is 0 Å². The highest BCUT2D eigenvalue weighted by Gasteiger charge is 2.30. The van der Waals surface area contributed by atoms with Crippen molar-refractivity contribution in [2.45, 2.75) is 50.2 Å². The van der Waals surface area contributed by atoms with Gasteiger partial charge in [-0.1, -0.05) is 19.3 Å². The van der Waals surface area contributed by atoms with Crippen LogP contribution in [-0.4, -0.2) is 32.5 Å². The van der Waals surface area contributed by atoms with Crippen molar-refractivity contribution in [3.63, 3.8) is 0 Å². The van der Waals surface area contributed by atoms with E-state index in [1.165, 1.54) is 6.42 Å². The zero-order valence-electron chi connectivity index (χ0n) is 10.4. The van der Waals surface area contributed by atoms with Crippen LogP contribution in [0, 0.1) is 5.92 Å². The predicted molar refractivity (Wildman–Crippen MR) is 73.5 cm³/mol. The van der Waals surface area contributed by atoms with Crippen molar-refractivity contribution < 1.29 is 8.42 Å². The van der Waals surface area contributed by atoms with Gasteiger partial charge in [0.25, 0.3) is 0 Å². The van der Waals surface area contributed by atoms with Crippen molar-refractivity contribution in [3.8, 4) is 0 Å². The van der Waals surface area contributed by atoms with Gasteiger partial charge >= 0.3 is 0 Å². The summed E-state index contributed by atoms with van der Waals surface area (Å²) >= 11 is 0. The first-order valence-electron chi connectivity index (χ1n) is 6.61. The second-order valence-corrected chi connectivity index (χ2v) is 7.61. The molecule has 0 radical (unpaired) electrons. The fraction of sp³-hybridized carbons (Fsp3) is 1.00. The summed E-state index contributed by atoms with van der Waals surface area (Å²) in [5.41, 5.74) is 0. The summed E-state index contributed by atoms with van der Waals surface area (Å²) in [6.45, 7) is 1.98. The van der Waals surface area contributed by atoms with Gasteiger partial charge < -0.3 is 5.32 Å². The zero-order chi connectivity index (χ0) is 11.4. The van der Waals surface area contributed by atoms with E-state index >= 15 is 0 Å². The summed E-state index contributed by atoms with van der Waals surface area (Å²) < 4.78 is 24.5. The van der Waals surface area contributed by atoms with Crippen LogP contribution in [0.3, 0.4) is 0 Å². The van der Waals surface area contributed by atoms with Crippen LogP contribution in [0.1, 0.15) is 44.9 Å². The third kappa shape index (κ3) is 4.42. The minimum Gasteiger partial charge on any atom is -0.317 e. The van der Waals surface area contributed by atoms with Gasteiger partial charge in [0.15, 0.2) is 9.84 Å². The molecule has 0 unspecified atom stereocenters. The summed E-state index contributed by atoms with van der Waals surface area (Å²) in [7, 11) is -2.81. The Labute approximate surface area is 111 Å². The molecule has 5 heteroatoms. The molecule has 0 spiro atoms. The molecule has 0 atom stereocenters. The number of nitrogens with one attached hydrogen (secondary N) is 1. The van der Waals surface area contributed by atoms with Gasteiger partial charge in [0.2, 0.25) is 0 Å². The summed E-state index contributed by atoms with van der Waals surface area (Å²) in [5.74, 6) is 0.854. The molecule has 17 heavy (non-hydrogen) atoms. The smallest absolute Gasteiger partial charge is 0.153 e. The maximum atomic E-state index is 12.2. The van der Waals surface area contributed by atoms with Gasteiger partial charge in [0, 0.05) is 0 Å². The number of piperidine rings is 1. The SMILES string of the molecule is Cl.O=S(=O)(CC1CCNCC1)C1CCCCC1. The Bertz CT molecular complexity index is 306. The fourth-order valence-electron chi connectivity index (χ4n) is 2.94. The van der Waals surface area contributed by atoms with Crippen LogP contribution in [-0.2, 0) is 9.84 Å². The Morgan fingerprint density at radius 2 is 1.53 bits per heavy atom. The average molecular weight is 282 g/mol. The molecule has 2 aliphatic rings. The number of rotatable bonds is 3. The lowest BCUT2D eigenvalue weighted by molar-refractivity contribution is 0.397. The van der Waals surface area contributed by atoms with E-state index in [2.05, 4.69) is 5.32 Å². The minimum atomic E-state index is -2.81. The molecule has 1 saturated heterocycles. The van der Waals surface area contributed by atoms with Crippen LogP contribution in [0.5, 0.6) is 0 Å². The molecular formula is C12H24ClNO2S. The maximum absolute atomic E-state index is 12.2. The molecule has 0 aromatic carbocycles. The lowest BCUT2D eigenvalue weighted by Gasteiger charge is -2.27. The van der Waals surface area contributed by atoms with Crippen LogP contribution in [0.2, 0.25) is 0 Å². The Hall–Kier alpha value is 0.200. The third-order valence-corrected chi connectivity index (χ3v) is 6.41. The van der Waals surface area contributed by atoms with Gasteiger partial charge in [-0.15, -0.1) is 12.4 Å². The average Bonchev–Trinajstić information content (AvgIpc) is 2.31. The van der Waals surface area contributed by atoms with E-state index in [4.69, 9.17) is 0 Å². The molecule has 1 heterocycles. The Morgan fingerprint density at radius 3 is 2.12 bits per heavy atom. The monoisotopic (exact) mass is 281 g/mol. The van der Waals surface area contributed by atoms with Gasteiger partial charge in [-0.3, -0.25) is 0 Å². The van der Waals surface area contributed by atoms with E-state index in [1.54, 1.807) is 0 Å². The van der Waals surface area contributed by atoms with E-state index in [0.29, 0.717) is 11.7 Å². The van der Waals surface area contributed by atoms with Crippen molar-refractivity contribution >= 4 is 22.2 Å². The largest absolute Gasteiger partial charge is 0.317 e. The molecule has 1 aliphatic carbocycles. The topological polar surface area (TPSA) is 46.2 Å². The minimum absolute atomic E-state index is 0.